The molecule has 0 fully saturated rings. The van der Waals surface area contributed by atoms with Gasteiger partial charge in [-0.25, -0.2) is 9.97 Å². The van der Waals surface area contributed by atoms with Gasteiger partial charge in [-0.2, -0.15) is 5.10 Å². The first-order valence-electron chi connectivity index (χ1n) is 8.37. The van der Waals surface area contributed by atoms with E-state index in [-0.39, 0.29) is 0 Å². The minimum Gasteiger partial charge on any atom is -0.298 e. The van der Waals surface area contributed by atoms with E-state index in [9.17, 15) is 0 Å². The van der Waals surface area contributed by atoms with Crippen molar-refractivity contribution in [2.75, 3.05) is 13.1 Å². The topological polar surface area (TPSA) is 46.8 Å². The van der Waals surface area contributed by atoms with Crippen LogP contribution in [-0.4, -0.2) is 37.7 Å². The predicted molar refractivity (Wildman–Crippen MR) is 93.4 cm³/mol. The molecule has 0 atom stereocenters. The molecule has 3 aromatic rings. The first-order chi connectivity index (χ1) is 11.8. The molecule has 0 saturated carbocycles. The van der Waals surface area contributed by atoms with Crippen molar-refractivity contribution in [3.8, 4) is 11.3 Å². The quantitative estimate of drug-likeness (QED) is 0.744. The lowest BCUT2D eigenvalue weighted by Crippen LogP contribution is -2.26. The van der Waals surface area contributed by atoms with Gasteiger partial charge in [-0.05, 0) is 6.42 Å². The van der Waals surface area contributed by atoms with Gasteiger partial charge in [-0.3, -0.25) is 9.58 Å². The van der Waals surface area contributed by atoms with Crippen molar-refractivity contribution in [3.63, 3.8) is 0 Å². The van der Waals surface area contributed by atoms with Crippen LogP contribution in [0.15, 0.2) is 49.1 Å². The van der Waals surface area contributed by atoms with Gasteiger partial charge in [-0.1, -0.05) is 30.3 Å². The highest BCUT2D eigenvalue weighted by Crippen LogP contribution is 2.28. The van der Waals surface area contributed by atoms with Crippen LogP contribution in [-0.2, 0) is 26.4 Å². The van der Waals surface area contributed by atoms with Crippen LogP contribution in [0.1, 0.15) is 16.8 Å². The van der Waals surface area contributed by atoms with Gasteiger partial charge in [0.15, 0.2) is 0 Å². The summed E-state index contributed by atoms with van der Waals surface area (Å²) in [6.07, 6.45) is 7.45. The minimum atomic E-state index is 0.906. The molecule has 0 spiro atoms. The van der Waals surface area contributed by atoms with Crippen molar-refractivity contribution < 1.29 is 0 Å². The molecule has 122 valence electrons. The third kappa shape index (κ3) is 2.95. The molecule has 1 aliphatic rings. The molecule has 0 saturated heterocycles. The molecule has 3 heterocycles. The second kappa shape index (κ2) is 6.53. The maximum Gasteiger partial charge on any atom is 0.115 e. The Balaban J connectivity index is 1.57. The van der Waals surface area contributed by atoms with Crippen molar-refractivity contribution in [2.45, 2.75) is 19.4 Å². The van der Waals surface area contributed by atoms with Gasteiger partial charge in [0.2, 0.25) is 0 Å². The van der Waals surface area contributed by atoms with Gasteiger partial charge >= 0.3 is 0 Å². The number of benzene rings is 1. The van der Waals surface area contributed by atoms with E-state index in [1.165, 1.54) is 22.4 Å². The fourth-order valence-corrected chi connectivity index (χ4v) is 3.48. The van der Waals surface area contributed by atoms with Gasteiger partial charge in [0.1, 0.15) is 6.33 Å². The largest absolute Gasteiger partial charge is 0.298 e. The molecule has 0 aliphatic carbocycles. The number of hydrogen-bond donors (Lipinski definition) is 0. The highest BCUT2D eigenvalue weighted by atomic mass is 15.3. The smallest absolute Gasteiger partial charge is 0.115 e. The van der Waals surface area contributed by atoms with E-state index in [1.807, 2.05) is 12.4 Å². The summed E-state index contributed by atoms with van der Waals surface area (Å²) in [5, 5.41) is 4.79. The molecule has 1 aliphatic heterocycles. The van der Waals surface area contributed by atoms with Crippen molar-refractivity contribution in [2.24, 2.45) is 7.05 Å². The Morgan fingerprint density at radius 3 is 2.54 bits per heavy atom. The number of hydrogen-bond acceptors (Lipinski definition) is 4. The minimum absolute atomic E-state index is 0.906. The zero-order chi connectivity index (χ0) is 16.4. The van der Waals surface area contributed by atoms with Gasteiger partial charge in [0, 0.05) is 67.9 Å². The molecule has 0 unspecified atom stereocenters. The molecule has 0 amide bonds. The molecule has 5 heteroatoms. The number of nitrogens with zero attached hydrogens (tertiary/aromatic N) is 5. The van der Waals surface area contributed by atoms with Crippen LogP contribution in [0.25, 0.3) is 11.3 Å². The average molecular weight is 319 g/mol. The molecule has 0 N–H and O–H groups in total. The van der Waals surface area contributed by atoms with E-state index in [4.69, 9.17) is 5.10 Å². The summed E-state index contributed by atoms with van der Waals surface area (Å²) in [7, 11) is 2.06. The van der Waals surface area contributed by atoms with Crippen LogP contribution in [0.3, 0.4) is 0 Å². The molecular weight excluding hydrogens is 298 g/mol. The monoisotopic (exact) mass is 319 g/mol. The Kier molecular flexibility index (Phi) is 4.09. The zero-order valence-electron chi connectivity index (χ0n) is 13.9. The third-order valence-corrected chi connectivity index (χ3v) is 4.69. The van der Waals surface area contributed by atoms with Crippen molar-refractivity contribution in [3.05, 3.63) is 65.9 Å². The van der Waals surface area contributed by atoms with Crippen molar-refractivity contribution in [1.82, 2.24) is 24.6 Å². The van der Waals surface area contributed by atoms with Gasteiger partial charge in [-0.15, -0.1) is 0 Å². The molecule has 0 bridgehead atoms. The maximum atomic E-state index is 4.79. The van der Waals surface area contributed by atoms with Gasteiger partial charge in [0.25, 0.3) is 0 Å². The van der Waals surface area contributed by atoms with E-state index in [0.717, 1.165) is 38.2 Å². The lowest BCUT2D eigenvalue weighted by Gasteiger charge is -2.19. The van der Waals surface area contributed by atoms with Gasteiger partial charge < -0.3 is 0 Å². The average Bonchev–Trinajstić information content (AvgIpc) is 2.80. The number of fused-ring (bicyclic) bond motifs is 1. The van der Waals surface area contributed by atoms with Crippen LogP contribution in [0.2, 0.25) is 0 Å². The second-order valence-electron chi connectivity index (χ2n) is 6.29. The van der Waals surface area contributed by atoms with E-state index in [1.54, 1.807) is 6.33 Å². The fraction of sp³-hybridized carbons (Fsp3) is 0.316. The maximum absolute atomic E-state index is 4.79. The molecule has 1 aromatic carbocycles. The Morgan fingerprint density at radius 2 is 1.75 bits per heavy atom. The summed E-state index contributed by atoms with van der Waals surface area (Å²) in [6.45, 7) is 2.98. The van der Waals surface area contributed by atoms with Crippen LogP contribution in [0.5, 0.6) is 0 Å². The Labute approximate surface area is 142 Å². The SMILES string of the molecule is Cn1nc(-c2ccccc2)c2c1CCN(Cc1cncnc1)CC2. The normalized spacial score (nSPS) is 15.0. The molecule has 0 radical (unpaired) electrons. The number of rotatable bonds is 3. The summed E-state index contributed by atoms with van der Waals surface area (Å²) >= 11 is 0. The van der Waals surface area contributed by atoms with E-state index in [2.05, 4.69) is 56.9 Å². The van der Waals surface area contributed by atoms with Crippen LogP contribution >= 0.6 is 0 Å². The lowest BCUT2D eigenvalue weighted by atomic mass is 10.0. The van der Waals surface area contributed by atoms with Crippen LogP contribution < -0.4 is 0 Å². The van der Waals surface area contributed by atoms with E-state index in [0.29, 0.717) is 0 Å². The third-order valence-electron chi connectivity index (χ3n) is 4.69. The Bertz CT molecular complexity index is 811. The van der Waals surface area contributed by atoms with Gasteiger partial charge in [0.05, 0.1) is 5.69 Å². The molecule has 2 aromatic heterocycles. The highest BCUT2D eigenvalue weighted by molar-refractivity contribution is 5.64. The van der Waals surface area contributed by atoms with Crippen molar-refractivity contribution in [1.29, 1.82) is 0 Å². The summed E-state index contributed by atoms with van der Waals surface area (Å²) in [5.74, 6) is 0. The number of aromatic nitrogens is 4. The summed E-state index contributed by atoms with van der Waals surface area (Å²) in [4.78, 5) is 10.7. The summed E-state index contributed by atoms with van der Waals surface area (Å²) < 4.78 is 2.06. The molecule has 24 heavy (non-hydrogen) atoms. The molecular formula is C19H21N5. The molecule has 5 nitrogen and oxygen atoms in total. The Morgan fingerprint density at radius 1 is 1.00 bits per heavy atom. The first-order valence-corrected chi connectivity index (χ1v) is 8.37. The standard InChI is InChI=1S/C19H21N5/c1-23-18-8-10-24(13-15-11-20-14-21-12-15)9-7-17(18)19(22-23)16-5-3-2-4-6-16/h2-6,11-12,14H,7-10,13H2,1H3. The molecule has 4 rings (SSSR count). The van der Waals surface area contributed by atoms with Crippen molar-refractivity contribution >= 4 is 0 Å². The zero-order valence-corrected chi connectivity index (χ0v) is 13.9. The Hall–Kier alpha value is -2.53. The summed E-state index contributed by atoms with van der Waals surface area (Å²) in [6, 6.07) is 10.5. The second-order valence-corrected chi connectivity index (χ2v) is 6.29. The van der Waals surface area contributed by atoms with Crippen LogP contribution in [0.4, 0.5) is 0 Å². The summed E-state index contributed by atoms with van der Waals surface area (Å²) in [5.41, 5.74) is 6.28. The lowest BCUT2D eigenvalue weighted by molar-refractivity contribution is 0.277. The predicted octanol–water partition coefficient (Wildman–Crippen LogP) is 2.48. The number of aryl methyl sites for hydroxylation is 1. The highest BCUT2D eigenvalue weighted by Gasteiger charge is 2.22. The van der Waals surface area contributed by atoms with E-state index >= 15 is 0 Å². The first kappa shape index (κ1) is 15.0. The van der Waals surface area contributed by atoms with E-state index < -0.39 is 0 Å². The fourth-order valence-electron chi connectivity index (χ4n) is 3.48. The van der Waals surface area contributed by atoms with Crippen LogP contribution in [0, 0.1) is 0 Å².